The molecule has 0 saturated heterocycles. The van der Waals surface area contributed by atoms with Gasteiger partial charge in [-0.05, 0) is 24.8 Å². The van der Waals surface area contributed by atoms with Gasteiger partial charge in [0, 0.05) is 18.2 Å². The van der Waals surface area contributed by atoms with Gasteiger partial charge in [0.25, 0.3) is 0 Å². The molecule has 0 heterocycles. The zero-order valence-electron chi connectivity index (χ0n) is 11.6. The normalized spacial score (nSPS) is 18.4. The molecule has 1 unspecified atom stereocenters. The van der Waals surface area contributed by atoms with Crippen molar-refractivity contribution in [3.63, 3.8) is 0 Å². The second kappa shape index (κ2) is 6.89. The number of carbonyl (C=O) groups is 2. The first-order valence-electron chi connectivity index (χ1n) is 6.87. The highest BCUT2D eigenvalue weighted by Crippen LogP contribution is 2.30. The van der Waals surface area contributed by atoms with E-state index in [2.05, 4.69) is 5.32 Å². The minimum Gasteiger partial charge on any atom is -0.465 e. The van der Waals surface area contributed by atoms with Gasteiger partial charge in [0.05, 0.1) is 6.61 Å². The molecule has 0 aromatic heterocycles. The molecule has 1 aromatic carbocycles. The molecule has 1 aliphatic rings. The van der Waals surface area contributed by atoms with E-state index in [1.807, 2.05) is 30.3 Å². The van der Waals surface area contributed by atoms with Gasteiger partial charge in [0.2, 0.25) is 0 Å². The summed E-state index contributed by atoms with van der Waals surface area (Å²) in [6.07, 6.45) is 2.86. The molecule has 0 fully saturated rings. The largest absolute Gasteiger partial charge is 0.465 e. The molecule has 1 aromatic rings. The van der Waals surface area contributed by atoms with Crippen molar-refractivity contribution in [2.45, 2.75) is 25.7 Å². The Balaban J connectivity index is 1.97. The number of nitrogens with one attached hydrogen (secondary N) is 1. The molecule has 4 heteroatoms. The molecule has 20 heavy (non-hydrogen) atoms. The van der Waals surface area contributed by atoms with Crippen molar-refractivity contribution in [2.75, 3.05) is 13.2 Å². The zero-order valence-corrected chi connectivity index (χ0v) is 11.6. The number of benzene rings is 1. The lowest BCUT2D eigenvalue weighted by molar-refractivity contribution is -0.141. The van der Waals surface area contributed by atoms with Gasteiger partial charge in [-0.25, -0.2) is 0 Å². The summed E-state index contributed by atoms with van der Waals surface area (Å²) in [7, 11) is 0. The van der Waals surface area contributed by atoms with Crippen LogP contribution in [0, 0.1) is 0 Å². The Morgan fingerprint density at radius 3 is 2.75 bits per heavy atom. The Hall–Kier alpha value is -2.10. The van der Waals surface area contributed by atoms with Gasteiger partial charge in [0.1, 0.15) is 6.54 Å². The molecular formula is C16H19NO3. The minimum atomic E-state index is -0.303. The molecule has 2 rings (SSSR count). The van der Waals surface area contributed by atoms with Gasteiger partial charge in [0.15, 0.2) is 5.78 Å². The smallest absolute Gasteiger partial charge is 0.325 e. The molecule has 0 saturated carbocycles. The highest BCUT2D eigenvalue weighted by Gasteiger charge is 2.22. The Morgan fingerprint density at radius 1 is 1.30 bits per heavy atom. The maximum Gasteiger partial charge on any atom is 0.325 e. The average molecular weight is 273 g/mol. The lowest BCUT2D eigenvalue weighted by atomic mass is 9.85. The number of ether oxygens (including phenoxy) is 1. The van der Waals surface area contributed by atoms with Crippen LogP contribution >= 0.6 is 0 Å². The molecule has 1 atom stereocenters. The summed E-state index contributed by atoms with van der Waals surface area (Å²) in [6.45, 7) is 2.24. The maximum atomic E-state index is 11.8. The monoisotopic (exact) mass is 273 g/mol. The number of rotatable bonds is 5. The van der Waals surface area contributed by atoms with E-state index in [4.69, 9.17) is 4.74 Å². The predicted molar refractivity (Wildman–Crippen MR) is 76.1 cm³/mol. The van der Waals surface area contributed by atoms with E-state index in [-0.39, 0.29) is 24.2 Å². The molecule has 0 amide bonds. The van der Waals surface area contributed by atoms with E-state index in [0.29, 0.717) is 13.0 Å². The van der Waals surface area contributed by atoms with Crippen LogP contribution in [-0.2, 0) is 14.3 Å². The molecule has 1 aliphatic carbocycles. The van der Waals surface area contributed by atoms with Crippen LogP contribution in [0.25, 0.3) is 0 Å². The molecule has 0 bridgehead atoms. The number of esters is 1. The van der Waals surface area contributed by atoms with Crippen LogP contribution in [0.3, 0.4) is 0 Å². The van der Waals surface area contributed by atoms with Crippen molar-refractivity contribution in [1.29, 1.82) is 0 Å². The first kappa shape index (κ1) is 14.3. The van der Waals surface area contributed by atoms with Crippen LogP contribution in [0.1, 0.15) is 31.2 Å². The van der Waals surface area contributed by atoms with Gasteiger partial charge in [-0.1, -0.05) is 30.3 Å². The van der Waals surface area contributed by atoms with Crippen molar-refractivity contribution in [1.82, 2.24) is 5.32 Å². The number of hydrogen-bond acceptors (Lipinski definition) is 4. The summed E-state index contributed by atoms with van der Waals surface area (Å²) in [5.74, 6) is -0.0301. The zero-order chi connectivity index (χ0) is 14.4. The maximum absolute atomic E-state index is 11.8. The van der Waals surface area contributed by atoms with E-state index in [1.165, 1.54) is 0 Å². The third-order valence-electron chi connectivity index (χ3n) is 3.29. The van der Waals surface area contributed by atoms with E-state index in [0.717, 1.165) is 17.7 Å². The van der Waals surface area contributed by atoms with Crippen LogP contribution in [0.15, 0.2) is 42.1 Å². The molecular weight excluding hydrogens is 254 g/mol. The summed E-state index contributed by atoms with van der Waals surface area (Å²) in [5.41, 5.74) is 1.97. The standard InChI is InChI=1S/C16H19NO3/c1-2-20-16(19)11-17-14-8-13(9-15(18)10-14)12-6-4-3-5-7-12/h3-7,10,13,17H,2,8-9,11H2,1H3. The number of allylic oxidation sites excluding steroid dienone is 2. The van der Waals surface area contributed by atoms with Gasteiger partial charge in [-0.15, -0.1) is 0 Å². The summed E-state index contributed by atoms with van der Waals surface area (Å²) < 4.78 is 4.86. The van der Waals surface area contributed by atoms with Crippen molar-refractivity contribution in [3.05, 3.63) is 47.7 Å². The van der Waals surface area contributed by atoms with E-state index < -0.39 is 0 Å². The fraction of sp³-hybridized carbons (Fsp3) is 0.375. The van der Waals surface area contributed by atoms with Crippen LogP contribution < -0.4 is 5.32 Å². The summed E-state index contributed by atoms with van der Waals surface area (Å²) in [5, 5.41) is 3.00. The predicted octanol–water partition coefficient (Wildman–Crippen LogP) is 2.17. The van der Waals surface area contributed by atoms with Crippen LogP contribution in [-0.4, -0.2) is 24.9 Å². The third kappa shape index (κ3) is 3.95. The fourth-order valence-corrected chi connectivity index (χ4v) is 2.37. The van der Waals surface area contributed by atoms with Crippen LogP contribution in [0.5, 0.6) is 0 Å². The number of hydrogen-bond donors (Lipinski definition) is 1. The van der Waals surface area contributed by atoms with Gasteiger partial charge in [-0.3, -0.25) is 9.59 Å². The Labute approximate surface area is 118 Å². The topological polar surface area (TPSA) is 55.4 Å². The first-order chi connectivity index (χ1) is 9.69. The summed E-state index contributed by atoms with van der Waals surface area (Å²) in [4.78, 5) is 23.1. The van der Waals surface area contributed by atoms with Gasteiger partial charge >= 0.3 is 5.97 Å². The first-order valence-corrected chi connectivity index (χ1v) is 6.87. The van der Waals surface area contributed by atoms with E-state index >= 15 is 0 Å². The van der Waals surface area contributed by atoms with Gasteiger partial charge in [-0.2, -0.15) is 0 Å². The lowest BCUT2D eigenvalue weighted by Gasteiger charge is -2.23. The second-order valence-corrected chi connectivity index (χ2v) is 4.81. The molecule has 4 nitrogen and oxygen atoms in total. The van der Waals surface area contributed by atoms with E-state index in [1.54, 1.807) is 13.0 Å². The summed E-state index contributed by atoms with van der Waals surface area (Å²) >= 11 is 0. The molecule has 106 valence electrons. The highest BCUT2D eigenvalue weighted by atomic mass is 16.5. The highest BCUT2D eigenvalue weighted by molar-refractivity contribution is 5.92. The quantitative estimate of drug-likeness (QED) is 0.835. The van der Waals surface area contributed by atoms with Gasteiger partial charge < -0.3 is 10.1 Å². The van der Waals surface area contributed by atoms with Crippen LogP contribution in [0.4, 0.5) is 0 Å². The Morgan fingerprint density at radius 2 is 2.05 bits per heavy atom. The fourth-order valence-electron chi connectivity index (χ4n) is 2.37. The second-order valence-electron chi connectivity index (χ2n) is 4.81. The molecule has 0 radical (unpaired) electrons. The Kier molecular flexibility index (Phi) is 4.93. The van der Waals surface area contributed by atoms with Crippen molar-refractivity contribution in [2.24, 2.45) is 0 Å². The Bertz CT molecular complexity index is 508. The molecule has 0 aliphatic heterocycles. The average Bonchev–Trinajstić information content (AvgIpc) is 2.46. The minimum absolute atomic E-state index is 0.0939. The SMILES string of the molecule is CCOC(=O)CNC1=CC(=O)CC(c2ccccc2)C1. The molecule has 1 N–H and O–H groups in total. The lowest BCUT2D eigenvalue weighted by Crippen LogP contribution is -2.28. The molecule has 0 spiro atoms. The van der Waals surface area contributed by atoms with Crippen molar-refractivity contribution < 1.29 is 14.3 Å². The van der Waals surface area contributed by atoms with Crippen molar-refractivity contribution >= 4 is 11.8 Å². The summed E-state index contributed by atoms with van der Waals surface area (Å²) in [6, 6.07) is 9.98. The van der Waals surface area contributed by atoms with Crippen LogP contribution in [0.2, 0.25) is 0 Å². The van der Waals surface area contributed by atoms with E-state index in [9.17, 15) is 9.59 Å². The third-order valence-corrected chi connectivity index (χ3v) is 3.29. The van der Waals surface area contributed by atoms with Crippen molar-refractivity contribution in [3.8, 4) is 0 Å². The number of carbonyl (C=O) groups excluding carboxylic acids is 2. The number of ketones is 1.